The summed E-state index contributed by atoms with van der Waals surface area (Å²) in [4.78, 5) is 13.3. The fourth-order valence-corrected chi connectivity index (χ4v) is 4.97. The Balaban J connectivity index is 1.81. The Morgan fingerprint density at radius 2 is 1.82 bits per heavy atom. The minimum absolute atomic E-state index is 0.0413. The smallest absolute Gasteiger partial charge is 0.162 e. The molecule has 0 amide bonds. The normalized spacial score (nSPS) is 20.5. The molecule has 2 nitrogen and oxygen atoms in total. The van der Waals surface area contributed by atoms with Crippen LogP contribution in [0.15, 0.2) is 66.2 Å². The summed E-state index contributed by atoms with van der Waals surface area (Å²) < 4.78 is 0. The van der Waals surface area contributed by atoms with Crippen molar-refractivity contribution in [3.63, 3.8) is 0 Å². The molecule has 1 atom stereocenters. The van der Waals surface area contributed by atoms with Crippen LogP contribution in [0.4, 0.5) is 5.69 Å². The summed E-state index contributed by atoms with van der Waals surface area (Å²) >= 11 is 6.27. The summed E-state index contributed by atoms with van der Waals surface area (Å²) in [5, 5.41) is 6.75. The van der Waals surface area contributed by atoms with Crippen LogP contribution >= 0.6 is 11.6 Å². The second-order valence-corrected chi connectivity index (χ2v) is 9.11. The number of Topliss-reactive ketones (excluding diaryl/α,β-unsaturated/α-hetero) is 1. The molecule has 3 heteroatoms. The summed E-state index contributed by atoms with van der Waals surface area (Å²) in [7, 11) is 0. The van der Waals surface area contributed by atoms with Gasteiger partial charge in [0, 0.05) is 28.3 Å². The van der Waals surface area contributed by atoms with E-state index in [4.69, 9.17) is 11.6 Å². The Morgan fingerprint density at radius 1 is 1.00 bits per heavy atom. The molecular weight excluding hydrogens is 366 g/mol. The van der Waals surface area contributed by atoms with Gasteiger partial charge in [-0.1, -0.05) is 67.9 Å². The number of nitrogens with one attached hydrogen (secondary N) is 1. The van der Waals surface area contributed by atoms with E-state index in [1.807, 2.05) is 24.3 Å². The number of benzene rings is 3. The van der Waals surface area contributed by atoms with Crippen molar-refractivity contribution in [2.75, 3.05) is 5.32 Å². The molecule has 28 heavy (non-hydrogen) atoms. The van der Waals surface area contributed by atoms with Gasteiger partial charge in [-0.2, -0.15) is 0 Å². The number of halogens is 1. The fraction of sp³-hybridized carbons (Fsp3) is 0.240. The minimum Gasteiger partial charge on any atom is -0.373 e. The summed E-state index contributed by atoms with van der Waals surface area (Å²) in [5.41, 5.74) is 5.37. The maximum Gasteiger partial charge on any atom is 0.162 e. The molecule has 2 aliphatic rings. The molecule has 1 heterocycles. The van der Waals surface area contributed by atoms with Crippen LogP contribution in [0.5, 0.6) is 0 Å². The molecule has 1 aliphatic heterocycles. The second kappa shape index (κ2) is 6.22. The lowest BCUT2D eigenvalue weighted by Crippen LogP contribution is -2.33. The van der Waals surface area contributed by atoms with Crippen LogP contribution in [0.25, 0.3) is 16.3 Å². The third-order valence-electron chi connectivity index (χ3n) is 5.92. The summed E-state index contributed by atoms with van der Waals surface area (Å²) in [5.74, 6) is 0.238. The number of hydrogen-bond donors (Lipinski definition) is 1. The van der Waals surface area contributed by atoms with Crippen LogP contribution in [0.3, 0.4) is 0 Å². The molecule has 1 N–H and O–H groups in total. The van der Waals surface area contributed by atoms with E-state index >= 15 is 0 Å². The van der Waals surface area contributed by atoms with Crippen molar-refractivity contribution in [1.29, 1.82) is 0 Å². The quantitative estimate of drug-likeness (QED) is 0.497. The van der Waals surface area contributed by atoms with Crippen LogP contribution in [0, 0.1) is 5.41 Å². The number of ketones is 1. The Morgan fingerprint density at radius 3 is 2.64 bits per heavy atom. The SMILES string of the molecule is CC1(C)CC(=O)C2=C(C1)c1c(ccc3ccccc13)N[C@H]2c1cccc(Cl)c1. The summed E-state index contributed by atoms with van der Waals surface area (Å²) in [6.07, 6.45) is 1.47. The van der Waals surface area contributed by atoms with Crippen molar-refractivity contribution < 1.29 is 4.79 Å². The van der Waals surface area contributed by atoms with E-state index < -0.39 is 0 Å². The van der Waals surface area contributed by atoms with Gasteiger partial charge in [-0.05, 0) is 51.9 Å². The van der Waals surface area contributed by atoms with E-state index in [0.29, 0.717) is 11.4 Å². The van der Waals surface area contributed by atoms with Crippen molar-refractivity contribution >= 4 is 39.4 Å². The van der Waals surface area contributed by atoms with Gasteiger partial charge in [0.05, 0.1) is 6.04 Å². The van der Waals surface area contributed by atoms with Gasteiger partial charge in [-0.15, -0.1) is 0 Å². The molecule has 0 spiro atoms. The van der Waals surface area contributed by atoms with Crippen molar-refractivity contribution in [1.82, 2.24) is 0 Å². The highest BCUT2D eigenvalue weighted by molar-refractivity contribution is 6.30. The van der Waals surface area contributed by atoms with Crippen LogP contribution in [0.1, 0.15) is 43.9 Å². The standard InChI is InChI=1S/C25H22ClNO/c1-25(2)13-19-22-18-9-4-3-6-15(18)10-11-20(22)27-24(23(19)21(28)14-25)16-7-5-8-17(26)12-16/h3-12,24,27H,13-14H2,1-2H3/t24-/m0/s1. The Labute approximate surface area is 170 Å². The summed E-state index contributed by atoms with van der Waals surface area (Å²) in [6.45, 7) is 4.38. The number of anilines is 1. The molecule has 5 rings (SSSR count). The van der Waals surface area contributed by atoms with E-state index in [-0.39, 0.29) is 17.2 Å². The van der Waals surface area contributed by atoms with Gasteiger partial charge in [-0.25, -0.2) is 0 Å². The van der Waals surface area contributed by atoms with E-state index in [2.05, 4.69) is 55.6 Å². The monoisotopic (exact) mass is 387 g/mol. The van der Waals surface area contributed by atoms with E-state index in [1.54, 1.807) is 0 Å². The van der Waals surface area contributed by atoms with Gasteiger partial charge in [0.2, 0.25) is 0 Å². The van der Waals surface area contributed by atoms with Crippen molar-refractivity contribution in [3.8, 4) is 0 Å². The molecule has 0 bridgehead atoms. The number of hydrogen-bond acceptors (Lipinski definition) is 2. The molecule has 0 unspecified atom stereocenters. The van der Waals surface area contributed by atoms with Gasteiger partial charge in [-0.3, -0.25) is 4.79 Å². The average molecular weight is 388 g/mol. The molecular formula is C25H22ClNO. The number of fused-ring (bicyclic) bond motifs is 4. The lowest BCUT2D eigenvalue weighted by molar-refractivity contribution is -0.118. The molecule has 140 valence electrons. The topological polar surface area (TPSA) is 29.1 Å². The third kappa shape index (κ3) is 2.75. The Bertz CT molecular complexity index is 1160. The average Bonchev–Trinajstić information content (AvgIpc) is 2.66. The molecule has 0 aromatic heterocycles. The maximum absolute atomic E-state index is 13.3. The highest BCUT2D eigenvalue weighted by atomic mass is 35.5. The van der Waals surface area contributed by atoms with Crippen molar-refractivity contribution in [2.45, 2.75) is 32.7 Å². The molecule has 0 saturated carbocycles. The molecule has 3 aromatic carbocycles. The lowest BCUT2D eigenvalue weighted by Gasteiger charge is -2.40. The highest BCUT2D eigenvalue weighted by Gasteiger charge is 2.40. The molecule has 3 aromatic rings. The van der Waals surface area contributed by atoms with Gasteiger partial charge >= 0.3 is 0 Å². The number of allylic oxidation sites excluding steroid dienone is 1. The first kappa shape index (κ1) is 17.5. The molecule has 0 radical (unpaired) electrons. The van der Waals surface area contributed by atoms with Gasteiger partial charge < -0.3 is 5.32 Å². The van der Waals surface area contributed by atoms with Crippen LogP contribution in [-0.2, 0) is 4.79 Å². The van der Waals surface area contributed by atoms with E-state index in [0.717, 1.165) is 23.2 Å². The zero-order valence-electron chi connectivity index (χ0n) is 16.1. The first-order valence-corrected chi connectivity index (χ1v) is 10.1. The van der Waals surface area contributed by atoms with E-state index in [1.165, 1.54) is 21.9 Å². The highest BCUT2D eigenvalue weighted by Crippen LogP contribution is 2.52. The number of carbonyl (C=O) groups is 1. The first-order valence-electron chi connectivity index (χ1n) is 9.73. The van der Waals surface area contributed by atoms with Gasteiger partial charge in [0.1, 0.15) is 0 Å². The molecule has 0 fully saturated rings. The van der Waals surface area contributed by atoms with Gasteiger partial charge in [0.25, 0.3) is 0 Å². The van der Waals surface area contributed by atoms with Crippen LogP contribution in [0.2, 0.25) is 5.02 Å². The predicted octanol–water partition coefficient (Wildman–Crippen LogP) is 6.80. The Hall–Kier alpha value is -2.58. The Kier molecular flexibility index (Phi) is 3.89. The van der Waals surface area contributed by atoms with Gasteiger partial charge in [0.15, 0.2) is 5.78 Å². The van der Waals surface area contributed by atoms with E-state index in [9.17, 15) is 4.79 Å². The lowest BCUT2D eigenvalue weighted by atomic mass is 9.68. The zero-order chi connectivity index (χ0) is 19.5. The minimum atomic E-state index is -0.161. The van der Waals surface area contributed by atoms with Crippen LogP contribution < -0.4 is 5.32 Å². The first-order chi connectivity index (χ1) is 13.4. The zero-order valence-corrected chi connectivity index (χ0v) is 16.8. The number of rotatable bonds is 1. The predicted molar refractivity (Wildman–Crippen MR) is 117 cm³/mol. The fourth-order valence-electron chi connectivity index (χ4n) is 4.77. The van der Waals surface area contributed by atoms with Crippen molar-refractivity contribution in [3.05, 3.63) is 82.4 Å². The summed E-state index contributed by atoms with van der Waals surface area (Å²) in [6, 6.07) is 20.4. The number of carbonyl (C=O) groups excluding carboxylic acids is 1. The van der Waals surface area contributed by atoms with Crippen LogP contribution in [-0.4, -0.2) is 5.78 Å². The third-order valence-corrected chi connectivity index (χ3v) is 6.16. The molecule has 0 saturated heterocycles. The second-order valence-electron chi connectivity index (χ2n) is 8.67. The maximum atomic E-state index is 13.3. The van der Waals surface area contributed by atoms with Crippen molar-refractivity contribution in [2.24, 2.45) is 5.41 Å². The largest absolute Gasteiger partial charge is 0.373 e. The molecule has 1 aliphatic carbocycles.